The number of likely N-dealkylation sites (tertiary alicyclic amines) is 1. The van der Waals surface area contributed by atoms with Crippen molar-refractivity contribution in [1.82, 2.24) is 9.88 Å². The smallest absolute Gasteiger partial charge is 0.140 e. The number of hydrogen-bond acceptors (Lipinski definition) is 5. The molecule has 2 unspecified atom stereocenters. The van der Waals surface area contributed by atoms with Crippen molar-refractivity contribution in [1.29, 1.82) is 0 Å². The Morgan fingerprint density at radius 3 is 2.82 bits per heavy atom. The zero-order valence-electron chi connectivity index (χ0n) is 9.80. The summed E-state index contributed by atoms with van der Waals surface area (Å²) in [4.78, 5) is 6.86. The number of hydrazine groups is 1. The van der Waals surface area contributed by atoms with Crippen LogP contribution in [0.1, 0.15) is 18.5 Å². The molecule has 3 N–H and O–H groups in total. The van der Waals surface area contributed by atoms with Gasteiger partial charge in [0, 0.05) is 19.6 Å². The number of nitrogens with zero attached hydrogens (tertiary/aromatic N) is 2. The van der Waals surface area contributed by atoms with Crippen molar-refractivity contribution in [2.45, 2.75) is 31.6 Å². The Kier molecular flexibility index (Phi) is 2.96. The molecule has 3 heterocycles. The Balaban J connectivity index is 1.66. The number of nitrogen functional groups attached to an aromatic ring is 1. The minimum atomic E-state index is 0.435. The van der Waals surface area contributed by atoms with E-state index in [9.17, 15) is 0 Å². The predicted octanol–water partition coefficient (Wildman–Crippen LogP) is 0.730. The molecule has 0 radical (unpaired) electrons. The van der Waals surface area contributed by atoms with Crippen molar-refractivity contribution in [2.24, 2.45) is 5.84 Å². The van der Waals surface area contributed by atoms with E-state index < -0.39 is 0 Å². The fourth-order valence-electron chi connectivity index (χ4n) is 2.71. The summed E-state index contributed by atoms with van der Waals surface area (Å²) in [5, 5.41) is 0. The van der Waals surface area contributed by atoms with Crippen LogP contribution in [-0.2, 0) is 11.3 Å². The van der Waals surface area contributed by atoms with Gasteiger partial charge >= 0.3 is 0 Å². The van der Waals surface area contributed by atoms with E-state index in [0.29, 0.717) is 12.2 Å². The Labute approximate surface area is 101 Å². The molecule has 1 aromatic heterocycles. The largest absolute Gasteiger partial charge is 0.372 e. The first-order valence-electron chi connectivity index (χ1n) is 6.14. The van der Waals surface area contributed by atoms with E-state index in [2.05, 4.69) is 15.3 Å². The SMILES string of the molecule is NNc1cccc(CN2CC3CCC(C2)O3)n1. The zero-order valence-corrected chi connectivity index (χ0v) is 9.80. The lowest BCUT2D eigenvalue weighted by atomic mass is 10.2. The molecular weight excluding hydrogens is 216 g/mol. The first-order valence-corrected chi connectivity index (χ1v) is 6.14. The van der Waals surface area contributed by atoms with Crippen molar-refractivity contribution in [2.75, 3.05) is 18.5 Å². The van der Waals surface area contributed by atoms with E-state index in [1.165, 1.54) is 12.8 Å². The van der Waals surface area contributed by atoms with E-state index in [1.807, 2.05) is 18.2 Å². The van der Waals surface area contributed by atoms with Crippen LogP contribution in [0.2, 0.25) is 0 Å². The van der Waals surface area contributed by atoms with Crippen LogP contribution in [0.15, 0.2) is 18.2 Å². The number of nitrogens with one attached hydrogen (secondary N) is 1. The standard InChI is InChI=1S/C12H18N4O/c13-15-12-3-1-2-9(14-12)6-16-7-10-4-5-11(8-16)17-10/h1-3,10-11H,4-8,13H2,(H,14,15). The van der Waals surface area contributed by atoms with Gasteiger partial charge in [0.15, 0.2) is 0 Å². The maximum atomic E-state index is 5.82. The lowest BCUT2D eigenvalue weighted by molar-refractivity contribution is -0.0413. The van der Waals surface area contributed by atoms with Crippen molar-refractivity contribution in [3.05, 3.63) is 23.9 Å². The van der Waals surface area contributed by atoms with E-state index >= 15 is 0 Å². The van der Waals surface area contributed by atoms with E-state index in [0.717, 1.165) is 31.1 Å². The average Bonchev–Trinajstić information content (AvgIpc) is 2.69. The number of morpholine rings is 1. The zero-order chi connectivity index (χ0) is 11.7. The van der Waals surface area contributed by atoms with Crippen LogP contribution < -0.4 is 11.3 Å². The monoisotopic (exact) mass is 234 g/mol. The Bertz CT molecular complexity index is 386. The summed E-state index contributed by atoms with van der Waals surface area (Å²) in [6, 6.07) is 5.89. The number of anilines is 1. The highest BCUT2D eigenvalue weighted by atomic mass is 16.5. The van der Waals surface area contributed by atoms with Crippen molar-refractivity contribution < 1.29 is 4.74 Å². The normalized spacial score (nSPS) is 28.3. The fraction of sp³-hybridized carbons (Fsp3) is 0.583. The van der Waals surface area contributed by atoms with Gasteiger partial charge in [0.2, 0.25) is 0 Å². The van der Waals surface area contributed by atoms with Crippen molar-refractivity contribution >= 4 is 5.82 Å². The highest BCUT2D eigenvalue weighted by Crippen LogP contribution is 2.26. The number of pyridine rings is 1. The first kappa shape index (κ1) is 11.0. The van der Waals surface area contributed by atoms with Gasteiger partial charge in [-0.05, 0) is 25.0 Å². The Morgan fingerprint density at radius 1 is 1.35 bits per heavy atom. The lowest BCUT2D eigenvalue weighted by Crippen LogP contribution is -2.42. The first-order chi connectivity index (χ1) is 8.33. The lowest BCUT2D eigenvalue weighted by Gasteiger charge is -2.31. The van der Waals surface area contributed by atoms with E-state index in [-0.39, 0.29) is 0 Å². The molecule has 0 saturated carbocycles. The maximum absolute atomic E-state index is 5.82. The Morgan fingerprint density at radius 2 is 2.12 bits per heavy atom. The third-order valence-electron chi connectivity index (χ3n) is 3.46. The molecule has 2 bridgehead atoms. The molecule has 2 atom stereocenters. The molecule has 1 aromatic rings. The second-order valence-electron chi connectivity index (χ2n) is 4.81. The van der Waals surface area contributed by atoms with Gasteiger partial charge in [-0.15, -0.1) is 0 Å². The highest BCUT2D eigenvalue weighted by Gasteiger charge is 2.33. The summed E-state index contributed by atoms with van der Waals surface area (Å²) < 4.78 is 5.82. The molecule has 0 amide bonds. The summed E-state index contributed by atoms with van der Waals surface area (Å²) in [6.45, 7) is 2.93. The van der Waals surface area contributed by atoms with Gasteiger partial charge in [-0.25, -0.2) is 10.8 Å². The molecule has 5 heteroatoms. The van der Waals surface area contributed by atoms with Crippen LogP contribution in [0.4, 0.5) is 5.82 Å². The summed E-state index contributed by atoms with van der Waals surface area (Å²) in [6.07, 6.45) is 3.28. The number of rotatable bonds is 3. The number of nitrogens with two attached hydrogens (primary N) is 1. The van der Waals surface area contributed by atoms with Crippen LogP contribution in [0, 0.1) is 0 Å². The van der Waals surface area contributed by atoms with Crippen molar-refractivity contribution in [3.8, 4) is 0 Å². The molecular formula is C12H18N4O. The molecule has 0 aromatic carbocycles. The molecule has 2 fully saturated rings. The van der Waals surface area contributed by atoms with Gasteiger partial charge in [0.1, 0.15) is 5.82 Å². The molecule has 2 aliphatic rings. The van der Waals surface area contributed by atoms with Gasteiger partial charge in [0.05, 0.1) is 17.9 Å². The molecule has 5 nitrogen and oxygen atoms in total. The summed E-state index contributed by atoms with van der Waals surface area (Å²) in [7, 11) is 0. The van der Waals surface area contributed by atoms with Crippen LogP contribution in [0.5, 0.6) is 0 Å². The summed E-state index contributed by atoms with van der Waals surface area (Å²) in [5.41, 5.74) is 3.64. The minimum absolute atomic E-state index is 0.435. The van der Waals surface area contributed by atoms with Crippen LogP contribution >= 0.6 is 0 Å². The van der Waals surface area contributed by atoms with Crippen LogP contribution in [-0.4, -0.2) is 35.2 Å². The van der Waals surface area contributed by atoms with Crippen LogP contribution in [0.25, 0.3) is 0 Å². The Hall–Kier alpha value is -1.17. The van der Waals surface area contributed by atoms with Gasteiger partial charge in [0.25, 0.3) is 0 Å². The summed E-state index contributed by atoms with van der Waals surface area (Å²) in [5.74, 6) is 6.08. The fourth-order valence-corrected chi connectivity index (χ4v) is 2.71. The minimum Gasteiger partial charge on any atom is -0.372 e. The number of aromatic nitrogens is 1. The molecule has 0 spiro atoms. The summed E-state index contributed by atoms with van der Waals surface area (Å²) >= 11 is 0. The maximum Gasteiger partial charge on any atom is 0.140 e. The van der Waals surface area contributed by atoms with Gasteiger partial charge < -0.3 is 10.2 Å². The average molecular weight is 234 g/mol. The second-order valence-corrected chi connectivity index (χ2v) is 4.81. The van der Waals surface area contributed by atoms with Gasteiger partial charge in [-0.3, -0.25) is 4.90 Å². The molecule has 2 aliphatic heterocycles. The topological polar surface area (TPSA) is 63.4 Å². The van der Waals surface area contributed by atoms with Gasteiger partial charge in [-0.1, -0.05) is 6.07 Å². The third-order valence-corrected chi connectivity index (χ3v) is 3.46. The molecule has 3 rings (SSSR count). The van der Waals surface area contributed by atoms with Crippen molar-refractivity contribution in [3.63, 3.8) is 0 Å². The molecule has 17 heavy (non-hydrogen) atoms. The second kappa shape index (κ2) is 4.60. The predicted molar refractivity (Wildman–Crippen MR) is 65.2 cm³/mol. The van der Waals surface area contributed by atoms with E-state index in [1.54, 1.807) is 0 Å². The number of hydrogen-bond donors (Lipinski definition) is 2. The van der Waals surface area contributed by atoms with Crippen LogP contribution in [0.3, 0.4) is 0 Å². The molecule has 92 valence electrons. The molecule has 0 aliphatic carbocycles. The number of fused-ring (bicyclic) bond motifs is 2. The van der Waals surface area contributed by atoms with E-state index in [4.69, 9.17) is 10.6 Å². The van der Waals surface area contributed by atoms with Gasteiger partial charge in [-0.2, -0.15) is 0 Å². The third kappa shape index (κ3) is 2.41. The quantitative estimate of drug-likeness (QED) is 0.596. The highest BCUT2D eigenvalue weighted by molar-refractivity contribution is 5.33. The number of ether oxygens (including phenoxy) is 1. The molecule has 2 saturated heterocycles.